The predicted octanol–water partition coefficient (Wildman–Crippen LogP) is 4.72. The zero-order chi connectivity index (χ0) is 33.1. The number of rotatable bonds is 11. The number of anilines is 3. The van der Waals surface area contributed by atoms with E-state index in [0.29, 0.717) is 52.3 Å². The first-order valence-electron chi connectivity index (χ1n) is 14.6. The third-order valence-corrected chi connectivity index (χ3v) is 7.56. The van der Waals surface area contributed by atoms with Crippen LogP contribution in [0.15, 0.2) is 85.7 Å². The Kier molecular flexibility index (Phi) is 8.37. The van der Waals surface area contributed by atoms with Gasteiger partial charge in [0.25, 0.3) is 0 Å². The lowest BCUT2D eigenvalue weighted by Gasteiger charge is -2.27. The summed E-state index contributed by atoms with van der Waals surface area (Å²) in [6, 6.07) is 13.9. The second-order valence-corrected chi connectivity index (χ2v) is 11.7. The van der Waals surface area contributed by atoms with E-state index in [-0.39, 0.29) is 17.5 Å². The van der Waals surface area contributed by atoms with Crippen LogP contribution in [-0.4, -0.2) is 70.2 Å². The summed E-state index contributed by atoms with van der Waals surface area (Å²) in [5, 5.41) is 23.5. The first-order valence-corrected chi connectivity index (χ1v) is 14.6. The molecule has 238 valence electrons. The number of quaternary nitrogens is 1. The molecule has 0 aliphatic carbocycles. The lowest BCUT2D eigenvalue weighted by molar-refractivity contribution is -0.898. The van der Waals surface area contributed by atoms with Crippen molar-refractivity contribution < 1.29 is 18.6 Å². The summed E-state index contributed by atoms with van der Waals surface area (Å²) in [7, 11) is 5.54. The SMILES string of the molecule is Cn1cnc([N+](=O)[O-])c1C[N+](C)(C)C/C=C/C(=O)Nc1cc2c(Nc3ccc4c(cnn4Cc4cccc(F)c4)c3)ncnc2cn1. The molecule has 0 spiro atoms. The second-order valence-electron chi connectivity index (χ2n) is 11.7. The summed E-state index contributed by atoms with van der Waals surface area (Å²) >= 11 is 0. The highest BCUT2D eigenvalue weighted by molar-refractivity contribution is 6.00. The molecule has 0 bridgehead atoms. The van der Waals surface area contributed by atoms with Crippen molar-refractivity contribution in [1.82, 2.24) is 34.3 Å². The lowest BCUT2D eigenvalue weighted by atomic mass is 10.2. The number of hydrogen-bond donors (Lipinski definition) is 2. The van der Waals surface area contributed by atoms with E-state index in [2.05, 4.69) is 35.7 Å². The van der Waals surface area contributed by atoms with Gasteiger partial charge >= 0.3 is 5.82 Å². The van der Waals surface area contributed by atoms with Crippen LogP contribution in [0.2, 0.25) is 0 Å². The van der Waals surface area contributed by atoms with E-state index < -0.39 is 4.92 Å². The van der Waals surface area contributed by atoms with Gasteiger partial charge in [-0.15, -0.1) is 0 Å². The molecule has 4 aromatic heterocycles. The number of aryl methyl sites for hydroxylation is 1. The Morgan fingerprint density at radius 3 is 2.74 bits per heavy atom. The minimum atomic E-state index is -0.493. The van der Waals surface area contributed by atoms with Gasteiger partial charge in [-0.1, -0.05) is 12.1 Å². The quantitative estimate of drug-likeness (QED) is 0.0888. The number of halogens is 1. The highest BCUT2D eigenvalue weighted by Crippen LogP contribution is 2.27. The van der Waals surface area contributed by atoms with Gasteiger partial charge in [-0.3, -0.25) is 9.48 Å². The van der Waals surface area contributed by atoms with Crippen LogP contribution in [0.25, 0.3) is 21.8 Å². The van der Waals surface area contributed by atoms with E-state index in [0.717, 1.165) is 22.2 Å². The molecule has 0 saturated carbocycles. The maximum absolute atomic E-state index is 13.7. The number of fused-ring (bicyclic) bond motifs is 2. The first kappa shape index (κ1) is 30.9. The van der Waals surface area contributed by atoms with Crippen molar-refractivity contribution in [3.63, 3.8) is 0 Å². The number of hydrogen-bond acceptors (Lipinski definition) is 9. The molecule has 1 amide bonds. The van der Waals surface area contributed by atoms with Gasteiger partial charge in [-0.05, 0) is 57.9 Å². The Morgan fingerprint density at radius 1 is 1.09 bits per heavy atom. The molecule has 4 heterocycles. The van der Waals surface area contributed by atoms with E-state index in [1.165, 1.54) is 30.9 Å². The molecular weight excluding hydrogens is 605 g/mol. The van der Waals surface area contributed by atoms with Crippen molar-refractivity contribution in [1.29, 1.82) is 0 Å². The summed E-state index contributed by atoms with van der Waals surface area (Å²) in [5.74, 6) is 0.00599. The van der Waals surface area contributed by atoms with Gasteiger partial charge in [0.1, 0.15) is 30.3 Å². The van der Waals surface area contributed by atoms with Crippen LogP contribution in [0.1, 0.15) is 11.3 Å². The van der Waals surface area contributed by atoms with E-state index in [4.69, 9.17) is 0 Å². The second kappa shape index (κ2) is 12.7. The maximum Gasteiger partial charge on any atom is 0.390 e. The van der Waals surface area contributed by atoms with Crippen molar-refractivity contribution in [2.75, 3.05) is 31.3 Å². The van der Waals surface area contributed by atoms with Gasteiger partial charge in [0, 0.05) is 29.6 Å². The van der Waals surface area contributed by atoms with Gasteiger partial charge in [0.2, 0.25) is 12.2 Å². The molecular formula is C32H31FN11O3+. The van der Waals surface area contributed by atoms with Crippen LogP contribution < -0.4 is 10.6 Å². The Hall–Kier alpha value is -6.09. The number of carbonyl (C=O) groups excluding carboxylic acids is 1. The lowest BCUT2D eigenvalue weighted by Crippen LogP contribution is -2.39. The van der Waals surface area contributed by atoms with Crippen molar-refractivity contribution in [2.24, 2.45) is 7.05 Å². The average Bonchev–Trinajstić information content (AvgIpc) is 3.59. The van der Waals surface area contributed by atoms with Crippen molar-refractivity contribution in [3.05, 3.63) is 113 Å². The number of carbonyl (C=O) groups is 1. The molecule has 2 aromatic carbocycles. The number of pyridine rings is 1. The van der Waals surface area contributed by atoms with Crippen molar-refractivity contribution in [2.45, 2.75) is 13.1 Å². The third-order valence-electron chi connectivity index (χ3n) is 7.56. The van der Waals surface area contributed by atoms with Crippen LogP contribution in [-0.2, 0) is 24.9 Å². The highest BCUT2D eigenvalue weighted by Gasteiger charge is 2.27. The van der Waals surface area contributed by atoms with Crippen LogP contribution in [0.4, 0.5) is 27.5 Å². The number of amides is 1. The zero-order valence-electron chi connectivity index (χ0n) is 25.8. The number of nitrogens with zero attached hydrogens (tertiary/aromatic N) is 9. The molecule has 0 unspecified atom stereocenters. The molecule has 47 heavy (non-hydrogen) atoms. The first-order chi connectivity index (χ1) is 22.5. The fraction of sp³-hybridized carbons (Fsp3) is 0.188. The fourth-order valence-electron chi connectivity index (χ4n) is 5.22. The summed E-state index contributed by atoms with van der Waals surface area (Å²) in [6.45, 7) is 1.23. The summed E-state index contributed by atoms with van der Waals surface area (Å²) in [6.07, 6.45) is 9.29. The Balaban J connectivity index is 1.13. The molecule has 14 nitrogen and oxygen atoms in total. The van der Waals surface area contributed by atoms with Gasteiger partial charge < -0.3 is 29.8 Å². The summed E-state index contributed by atoms with van der Waals surface area (Å²) in [4.78, 5) is 40.5. The summed E-state index contributed by atoms with van der Waals surface area (Å²) < 4.78 is 17.5. The molecule has 2 N–H and O–H groups in total. The predicted molar refractivity (Wildman–Crippen MR) is 174 cm³/mol. The normalized spacial score (nSPS) is 11.8. The van der Waals surface area contributed by atoms with E-state index >= 15 is 0 Å². The molecule has 0 saturated heterocycles. The number of nitrogens with one attached hydrogen (secondary N) is 2. The fourth-order valence-corrected chi connectivity index (χ4v) is 5.22. The molecule has 6 rings (SSSR count). The molecule has 15 heteroatoms. The minimum Gasteiger partial charge on any atom is -0.358 e. The van der Waals surface area contributed by atoms with Crippen LogP contribution >= 0.6 is 0 Å². The number of nitro groups is 1. The Labute approximate surface area is 268 Å². The molecule has 0 aliphatic heterocycles. The molecule has 0 atom stereocenters. The molecule has 0 radical (unpaired) electrons. The summed E-state index contributed by atoms with van der Waals surface area (Å²) in [5.41, 5.74) is 3.57. The van der Waals surface area contributed by atoms with Crippen LogP contribution in [0.5, 0.6) is 0 Å². The Bertz CT molecular complexity index is 2160. The van der Waals surface area contributed by atoms with E-state index in [1.807, 2.05) is 43.0 Å². The van der Waals surface area contributed by atoms with Crippen molar-refractivity contribution >= 4 is 50.9 Å². The average molecular weight is 637 g/mol. The Morgan fingerprint density at radius 2 is 1.94 bits per heavy atom. The molecule has 6 aromatic rings. The molecule has 0 aliphatic rings. The third kappa shape index (κ3) is 7.10. The zero-order valence-corrected chi connectivity index (χ0v) is 25.8. The van der Waals surface area contributed by atoms with Crippen LogP contribution in [0.3, 0.4) is 0 Å². The van der Waals surface area contributed by atoms with Gasteiger partial charge in [-0.25, -0.2) is 19.3 Å². The topological polar surface area (TPSA) is 159 Å². The number of benzene rings is 2. The van der Waals surface area contributed by atoms with E-state index in [1.54, 1.807) is 42.2 Å². The highest BCUT2D eigenvalue weighted by atomic mass is 19.1. The van der Waals surface area contributed by atoms with E-state index in [9.17, 15) is 19.3 Å². The van der Waals surface area contributed by atoms with Gasteiger partial charge in [0.15, 0.2) is 5.69 Å². The maximum atomic E-state index is 13.7. The number of likely N-dealkylation sites (N-methyl/N-ethyl adjacent to an activating group) is 1. The van der Waals surface area contributed by atoms with Gasteiger partial charge in [-0.2, -0.15) is 5.10 Å². The smallest absolute Gasteiger partial charge is 0.358 e. The van der Waals surface area contributed by atoms with Crippen molar-refractivity contribution in [3.8, 4) is 0 Å². The monoisotopic (exact) mass is 636 g/mol. The van der Waals surface area contributed by atoms with Crippen LogP contribution in [0, 0.1) is 15.9 Å². The largest absolute Gasteiger partial charge is 0.390 e. The van der Waals surface area contributed by atoms with Gasteiger partial charge in [0.05, 0.1) is 50.6 Å². The standard InChI is InChI=1S/C32H30FN11O3/c1-41-20-37-32(43(46)47)28(41)18-44(2,3)11-5-8-30(45)40-29-14-25-26(16-34-29)35-19-36-31(25)39-24-9-10-27-22(13-24)15-38-42(27)17-21-6-4-7-23(33)12-21/h4-10,12-16,19-20H,11,17-18H2,1-3H3,(H-,34,35,36,39,40,45)/p+1/b8-5+. The molecule has 0 fully saturated rings. The number of imidazole rings is 1. The number of aromatic nitrogens is 7. The minimum absolute atomic E-state index is 0.171.